The van der Waals surface area contributed by atoms with Crippen molar-refractivity contribution in [2.24, 2.45) is 5.11 Å². The van der Waals surface area contributed by atoms with E-state index in [9.17, 15) is 0 Å². The summed E-state index contributed by atoms with van der Waals surface area (Å²) in [5.74, 6) is 0. The standard InChI is InChI=1S/C7H11N5/c8-5-10-6-3-1-2-4-7(6)11-12-9/h6-7,10H,1-4H2. The first-order valence-electron chi connectivity index (χ1n) is 4.07. The summed E-state index contributed by atoms with van der Waals surface area (Å²) in [7, 11) is 0. The Balaban J connectivity index is 2.54. The van der Waals surface area contributed by atoms with Gasteiger partial charge in [0.25, 0.3) is 0 Å². The highest BCUT2D eigenvalue weighted by Crippen LogP contribution is 2.21. The molecule has 2 atom stereocenters. The largest absolute Gasteiger partial charge is 0.320 e. The van der Waals surface area contributed by atoms with E-state index in [4.69, 9.17) is 10.8 Å². The van der Waals surface area contributed by atoms with Gasteiger partial charge in [0.15, 0.2) is 6.19 Å². The van der Waals surface area contributed by atoms with Gasteiger partial charge in [-0.2, -0.15) is 5.26 Å². The normalized spacial score (nSPS) is 28.2. The average Bonchev–Trinajstić information content (AvgIpc) is 2.09. The van der Waals surface area contributed by atoms with Gasteiger partial charge in [-0.15, -0.1) is 0 Å². The predicted octanol–water partition coefficient (Wildman–Crippen LogP) is 1.68. The lowest BCUT2D eigenvalue weighted by molar-refractivity contribution is 0.355. The Bertz CT molecular complexity index is 224. The van der Waals surface area contributed by atoms with E-state index in [1.165, 1.54) is 0 Å². The summed E-state index contributed by atoms with van der Waals surface area (Å²) in [6, 6.07) is 0.0167. The van der Waals surface area contributed by atoms with Crippen molar-refractivity contribution >= 4 is 0 Å². The molecule has 0 aliphatic heterocycles. The van der Waals surface area contributed by atoms with Gasteiger partial charge in [0.1, 0.15) is 0 Å². The van der Waals surface area contributed by atoms with Gasteiger partial charge < -0.3 is 5.32 Å². The minimum absolute atomic E-state index is 0.0385. The van der Waals surface area contributed by atoms with Crippen LogP contribution in [0.4, 0.5) is 0 Å². The summed E-state index contributed by atoms with van der Waals surface area (Å²) in [5.41, 5.74) is 8.25. The van der Waals surface area contributed by atoms with Gasteiger partial charge in [-0.3, -0.25) is 0 Å². The number of nitrogens with one attached hydrogen (secondary N) is 1. The lowest BCUT2D eigenvalue weighted by Gasteiger charge is -2.26. The zero-order valence-electron chi connectivity index (χ0n) is 6.77. The smallest absolute Gasteiger partial charge is 0.176 e. The van der Waals surface area contributed by atoms with Crippen LogP contribution in [0.1, 0.15) is 25.7 Å². The fraction of sp³-hybridized carbons (Fsp3) is 0.857. The molecular weight excluding hydrogens is 154 g/mol. The molecule has 0 heterocycles. The highest BCUT2D eigenvalue weighted by molar-refractivity contribution is 4.90. The summed E-state index contributed by atoms with van der Waals surface area (Å²) in [6.45, 7) is 0. The second-order valence-corrected chi connectivity index (χ2v) is 2.92. The quantitative estimate of drug-likeness (QED) is 0.222. The van der Waals surface area contributed by atoms with E-state index in [0.717, 1.165) is 25.7 Å². The fourth-order valence-corrected chi connectivity index (χ4v) is 1.57. The van der Waals surface area contributed by atoms with Crippen LogP contribution in [0.25, 0.3) is 10.4 Å². The van der Waals surface area contributed by atoms with Crippen LogP contribution in [0.2, 0.25) is 0 Å². The molecule has 0 radical (unpaired) electrons. The maximum atomic E-state index is 8.41. The van der Waals surface area contributed by atoms with E-state index in [0.29, 0.717) is 0 Å². The summed E-state index contributed by atoms with van der Waals surface area (Å²) in [6.07, 6.45) is 5.91. The maximum Gasteiger partial charge on any atom is 0.176 e. The van der Waals surface area contributed by atoms with E-state index in [1.807, 2.05) is 6.19 Å². The maximum absolute atomic E-state index is 8.41. The third-order valence-electron chi connectivity index (χ3n) is 2.18. The molecule has 2 unspecified atom stereocenters. The third-order valence-corrected chi connectivity index (χ3v) is 2.18. The van der Waals surface area contributed by atoms with Crippen LogP contribution in [0, 0.1) is 11.5 Å². The lowest BCUT2D eigenvalue weighted by atomic mass is 9.91. The number of hydrogen-bond donors (Lipinski definition) is 1. The Morgan fingerprint density at radius 3 is 2.92 bits per heavy atom. The second kappa shape index (κ2) is 4.47. The van der Waals surface area contributed by atoms with Crippen molar-refractivity contribution in [3.8, 4) is 6.19 Å². The molecule has 0 aromatic heterocycles. The topological polar surface area (TPSA) is 84.6 Å². The summed E-state index contributed by atoms with van der Waals surface area (Å²) in [4.78, 5) is 2.77. The Hall–Kier alpha value is -1.40. The van der Waals surface area contributed by atoms with Crippen LogP contribution >= 0.6 is 0 Å². The molecule has 1 fully saturated rings. The molecule has 1 saturated carbocycles. The van der Waals surface area contributed by atoms with Crippen molar-refractivity contribution < 1.29 is 0 Å². The van der Waals surface area contributed by atoms with Crippen molar-refractivity contribution in [1.82, 2.24) is 5.32 Å². The third kappa shape index (κ3) is 2.04. The van der Waals surface area contributed by atoms with Crippen LogP contribution in [0.15, 0.2) is 5.11 Å². The molecule has 0 aromatic carbocycles. The lowest BCUT2D eigenvalue weighted by Crippen LogP contribution is -2.38. The van der Waals surface area contributed by atoms with Gasteiger partial charge in [0.05, 0.1) is 6.04 Å². The van der Waals surface area contributed by atoms with Gasteiger partial charge in [0, 0.05) is 11.0 Å². The van der Waals surface area contributed by atoms with Gasteiger partial charge in [-0.1, -0.05) is 18.0 Å². The van der Waals surface area contributed by atoms with Crippen molar-refractivity contribution in [3.05, 3.63) is 10.4 Å². The Morgan fingerprint density at radius 2 is 2.25 bits per heavy atom. The molecular formula is C7H11N5. The van der Waals surface area contributed by atoms with Gasteiger partial charge in [-0.05, 0) is 18.4 Å². The second-order valence-electron chi connectivity index (χ2n) is 2.92. The van der Waals surface area contributed by atoms with Crippen molar-refractivity contribution in [2.45, 2.75) is 37.8 Å². The Labute approximate surface area is 71.0 Å². The van der Waals surface area contributed by atoms with Crippen LogP contribution in [-0.2, 0) is 0 Å². The number of hydrogen-bond acceptors (Lipinski definition) is 3. The Morgan fingerprint density at radius 1 is 1.50 bits per heavy atom. The molecule has 1 aliphatic rings. The average molecular weight is 165 g/mol. The van der Waals surface area contributed by atoms with Gasteiger partial charge >= 0.3 is 0 Å². The first-order chi connectivity index (χ1) is 5.88. The molecule has 0 aromatic rings. The van der Waals surface area contributed by atoms with Crippen LogP contribution in [-0.4, -0.2) is 12.1 Å². The van der Waals surface area contributed by atoms with E-state index in [-0.39, 0.29) is 12.1 Å². The molecule has 5 heteroatoms. The zero-order chi connectivity index (χ0) is 8.81. The molecule has 0 amide bonds. The molecule has 12 heavy (non-hydrogen) atoms. The number of nitriles is 1. The van der Waals surface area contributed by atoms with Crippen molar-refractivity contribution in [1.29, 1.82) is 5.26 Å². The molecule has 1 aliphatic carbocycles. The fourth-order valence-electron chi connectivity index (χ4n) is 1.57. The van der Waals surface area contributed by atoms with Crippen LogP contribution in [0.5, 0.6) is 0 Å². The monoisotopic (exact) mass is 165 g/mol. The molecule has 64 valence electrons. The zero-order valence-corrected chi connectivity index (χ0v) is 6.77. The number of azide groups is 1. The van der Waals surface area contributed by atoms with E-state index >= 15 is 0 Å². The highest BCUT2D eigenvalue weighted by atomic mass is 15.2. The molecule has 0 bridgehead atoms. The first-order valence-corrected chi connectivity index (χ1v) is 4.07. The first kappa shape index (κ1) is 8.69. The SMILES string of the molecule is N#CNC1CCCCC1N=[N+]=[N-]. The molecule has 1 rings (SSSR count). The number of nitrogens with zero attached hydrogens (tertiary/aromatic N) is 4. The minimum Gasteiger partial charge on any atom is -0.320 e. The van der Waals surface area contributed by atoms with Crippen molar-refractivity contribution in [3.63, 3.8) is 0 Å². The highest BCUT2D eigenvalue weighted by Gasteiger charge is 2.23. The summed E-state index contributed by atoms with van der Waals surface area (Å²) in [5, 5.41) is 14.7. The van der Waals surface area contributed by atoms with Crippen LogP contribution in [0.3, 0.4) is 0 Å². The van der Waals surface area contributed by atoms with Crippen molar-refractivity contribution in [2.75, 3.05) is 0 Å². The molecule has 0 saturated heterocycles. The molecule has 0 spiro atoms. The predicted molar refractivity (Wildman–Crippen MR) is 43.9 cm³/mol. The molecule has 5 nitrogen and oxygen atoms in total. The van der Waals surface area contributed by atoms with E-state index in [2.05, 4.69) is 15.3 Å². The van der Waals surface area contributed by atoms with Gasteiger partial charge in [-0.25, -0.2) is 0 Å². The number of rotatable bonds is 2. The van der Waals surface area contributed by atoms with Gasteiger partial charge in [0.2, 0.25) is 0 Å². The minimum atomic E-state index is -0.0385. The summed E-state index contributed by atoms with van der Waals surface area (Å²) < 4.78 is 0. The van der Waals surface area contributed by atoms with Crippen LogP contribution < -0.4 is 5.32 Å². The van der Waals surface area contributed by atoms with E-state index in [1.54, 1.807) is 0 Å². The molecule has 1 N–H and O–H groups in total. The van der Waals surface area contributed by atoms with E-state index < -0.39 is 0 Å². The Kier molecular flexibility index (Phi) is 3.24. The summed E-state index contributed by atoms with van der Waals surface area (Å²) >= 11 is 0.